The molecule has 0 aliphatic carbocycles. The van der Waals surface area contributed by atoms with Crippen molar-refractivity contribution in [2.45, 2.75) is 38.3 Å². The topological polar surface area (TPSA) is 41.6 Å². The first-order valence-electron chi connectivity index (χ1n) is 6.40. The second-order valence-electron chi connectivity index (χ2n) is 4.48. The lowest BCUT2D eigenvalue weighted by Crippen LogP contribution is -2.62. The second kappa shape index (κ2) is 6.46. The second-order valence-corrected chi connectivity index (χ2v) is 4.48. The molecule has 1 fully saturated rings. The van der Waals surface area contributed by atoms with E-state index in [1.807, 2.05) is 0 Å². The van der Waals surface area contributed by atoms with Gasteiger partial charge in [0, 0.05) is 19.6 Å². The van der Waals surface area contributed by atoms with Gasteiger partial charge in [0.2, 0.25) is 0 Å². The number of nitrogens with one attached hydrogen (secondary N) is 1. The molecule has 100 valence electrons. The van der Waals surface area contributed by atoms with Crippen molar-refractivity contribution in [3.63, 3.8) is 0 Å². The van der Waals surface area contributed by atoms with Crippen LogP contribution in [0.3, 0.4) is 0 Å². The van der Waals surface area contributed by atoms with Crippen molar-refractivity contribution in [2.75, 3.05) is 19.6 Å². The Kier molecular flexibility index (Phi) is 5.24. The number of hydrogen-bond donors (Lipinski definition) is 1. The summed E-state index contributed by atoms with van der Waals surface area (Å²) in [5, 5.41) is 2.59. The van der Waals surface area contributed by atoms with Crippen molar-refractivity contribution in [3.05, 3.63) is 12.7 Å². The van der Waals surface area contributed by atoms with Gasteiger partial charge in [-0.2, -0.15) is 0 Å². The normalized spacial score (nSPS) is 16.5. The first kappa shape index (κ1) is 14.6. The number of terminal acetylenes is 1. The van der Waals surface area contributed by atoms with E-state index in [0.29, 0.717) is 19.6 Å². The van der Waals surface area contributed by atoms with E-state index in [4.69, 9.17) is 11.2 Å². The third-order valence-electron chi connectivity index (χ3n) is 3.56. The Morgan fingerprint density at radius 2 is 2.22 bits per heavy atom. The van der Waals surface area contributed by atoms with Crippen molar-refractivity contribution in [3.8, 4) is 12.3 Å². The van der Waals surface area contributed by atoms with Crippen LogP contribution >= 0.6 is 0 Å². The van der Waals surface area contributed by atoms with E-state index in [1.165, 1.54) is 0 Å². The maximum atomic E-state index is 11.3. The molecule has 1 amide bonds. The van der Waals surface area contributed by atoms with Gasteiger partial charge >= 0.3 is 6.09 Å². The van der Waals surface area contributed by atoms with Crippen LogP contribution in [-0.2, 0) is 4.74 Å². The monoisotopic (exact) mass is 250 g/mol. The summed E-state index contributed by atoms with van der Waals surface area (Å²) in [5.41, 5.74) is -0.183. The highest BCUT2D eigenvalue weighted by Crippen LogP contribution is 2.29. The van der Waals surface area contributed by atoms with Gasteiger partial charge in [0.15, 0.2) is 0 Å². The fourth-order valence-electron chi connectivity index (χ4n) is 2.20. The minimum atomic E-state index is -0.390. The number of alkyl carbamates (subject to hydrolysis) is 1. The van der Waals surface area contributed by atoms with Gasteiger partial charge in [-0.15, -0.1) is 13.0 Å². The zero-order valence-electron chi connectivity index (χ0n) is 11.2. The maximum absolute atomic E-state index is 11.3. The first-order valence-corrected chi connectivity index (χ1v) is 6.40. The fraction of sp³-hybridized carbons (Fsp3) is 0.643. The molecule has 4 heteroatoms. The highest BCUT2D eigenvalue weighted by molar-refractivity contribution is 5.67. The molecular formula is C14H22N2O2. The van der Waals surface area contributed by atoms with Crippen molar-refractivity contribution in [1.82, 2.24) is 10.2 Å². The molecule has 0 atom stereocenters. The number of hydrogen-bond acceptors (Lipinski definition) is 3. The average Bonchev–Trinajstić information content (AvgIpc) is 2.35. The molecule has 4 nitrogen and oxygen atoms in total. The lowest BCUT2D eigenvalue weighted by atomic mass is 9.88. The number of ether oxygens (including phenoxy) is 1. The van der Waals surface area contributed by atoms with Gasteiger partial charge in [-0.25, -0.2) is 4.79 Å². The average molecular weight is 250 g/mol. The Labute approximate surface area is 109 Å². The fourth-order valence-corrected chi connectivity index (χ4v) is 2.20. The number of nitrogens with zero attached hydrogens (tertiary/aromatic N) is 1. The van der Waals surface area contributed by atoms with Crippen LogP contribution in [0.25, 0.3) is 0 Å². The summed E-state index contributed by atoms with van der Waals surface area (Å²) in [6.45, 7) is 9.56. The summed E-state index contributed by atoms with van der Waals surface area (Å²) < 4.78 is 5.24. The first-order chi connectivity index (χ1) is 8.61. The molecule has 0 bridgehead atoms. The quantitative estimate of drug-likeness (QED) is 0.577. The van der Waals surface area contributed by atoms with Crippen LogP contribution < -0.4 is 5.32 Å². The van der Waals surface area contributed by atoms with E-state index in [9.17, 15) is 4.79 Å². The van der Waals surface area contributed by atoms with Gasteiger partial charge in [-0.3, -0.25) is 4.90 Å². The molecule has 1 aliphatic heterocycles. The van der Waals surface area contributed by atoms with E-state index in [0.717, 1.165) is 12.8 Å². The van der Waals surface area contributed by atoms with Gasteiger partial charge in [-0.1, -0.05) is 25.8 Å². The Hall–Kier alpha value is -1.47. The van der Waals surface area contributed by atoms with Crippen molar-refractivity contribution < 1.29 is 9.53 Å². The number of likely N-dealkylation sites (tertiary alicyclic amines) is 1. The van der Waals surface area contributed by atoms with Crippen molar-refractivity contribution >= 4 is 6.09 Å². The summed E-state index contributed by atoms with van der Waals surface area (Å²) in [5.74, 6) is 2.88. The Morgan fingerprint density at radius 3 is 2.67 bits per heavy atom. The third kappa shape index (κ3) is 3.05. The van der Waals surface area contributed by atoms with Crippen LogP contribution in [0.15, 0.2) is 12.7 Å². The molecule has 0 saturated carbocycles. The zero-order chi connectivity index (χ0) is 13.6. The molecule has 0 spiro atoms. The minimum absolute atomic E-state index is 0.0550. The predicted molar refractivity (Wildman–Crippen MR) is 72.2 cm³/mol. The number of carbonyl (C=O) groups excluding carboxylic acids is 1. The maximum Gasteiger partial charge on any atom is 0.407 e. The standard InChI is InChI=1S/C14H22N2O2/c1-5-9-15-13(17)18-12-10-16(11-12)14(6-2,7-3)8-4/h2,5,12H,1,7-11H2,3-4H3,(H,15,17). The van der Waals surface area contributed by atoms with Gasteiger partial charge < -0.3 is 10.1 Å². The molecule has 1 aliphatic rings. The van der Waals surface area contributed by atoms with Crippen LogP contribution in [-0.4, -0.2) is 42.3 Å². The van der Waals surface area contributed by atoms with Crippen molar-refractivity contribution in [1.29, 1.82) is 0 Å². The molecule has 0 aromatic rings. The minimum Gasteiger partial charge on any atom is -0.444 e. The molecule has 0 aromatic heterocycles. The van der Waals surface area contributed by atoms with E-state index >= 15 is 0 Å². The van der Waals surface area contributed by atoms with Crippen LogP contribution in [0, 0.1) is 12.3 Å². The van der Waals surface area contributed by atoms with E-state index in [-0.39, 0.29) is 17.7 Å². The number of amides is 1. The summed E-state index contributed by atoms with van der Waals surface area (Å²) in [7, 11) is 0. The Morgan fingerprint density at radius 1 is 1.61 bits per heavy atom. The Bertz CT molecular complexity index is 336. The third-order valence-corrected chi connectivity index (χ3v) is 3.56. The molecule has 0 aromatic carbocycles. The SMILES string of the molecule is C#CC(CC)(CC)N1CC(OC(=O)NCC=C)C1. The Balaban J connectivity index is 2.37. The largest absolute Gasteiger partial charge is 0.444 e. The lowest BCUT2D eigenvalue weighted by molar-refractivity contribution is -0.0564. The molecule has 1 N–H and O–H groups in total. The highest BCUT2D eigenvalue weighted by Gasteiger charge is 2.41. The van der Waals surface area contributed by atoms with E-state index < -0.39 is 0 Å². The molecule has 1 heterocycles. The van der Waals surface area contributed by atoms with E-state index in [1.54, 1.807) is 6.08 Å². The number of carbonyl (C=O) groups is 1. The van der Waals surface area contributed by atoms with Crippen LogP contribution in [0.4, 0.5) is 4.79 Å². The van der Waals surface area contributed by atoms with Crippen molar-refractivity contribution in [2.24, 2.45) is 0 Å². The van der Waals surface area contributed by atoms with E-state index in [2.05, 4.69) is 36.6 Å². The molecular weight excluding hydrogens is 228 g/mol. The summed E-state index contributed by atoms with van der Waals surface area (Å²) in [4.78, 5) is 13.5. The predicted octanol–water partition coefficient (Wildman–Crippen LogP) is 1.77. The summed E-state index contributed by atoms with van der Waals surface area (Å²) >= 11 is 0. The van der Waals surface area contributed by atoms with Gasteiger partial charge in [0.1, 0.15) is 6.10 Å². The van der Waals surface area contributed by atoms with Crippen LogP contribution in [0.1, 0.15) is 26.7 Å². The van der Waals surface area contributed by atoms with Crippen LogP contribution in [0.2, 0.25) is 0 Å². The molecule has 0 unspecified atom stereocenters. The van der Waals surface area contributed by atoms with Crippen LogP contribution in [0.5, 0.6) is 0 Å². The highest BCUT2D eigenvalue weighted by atomic mass is 16.6. The van der Waals surface area contributed by atoms with Gasteiger partial charge in [-0.05, 0) is 12.8 Å². The smallest absolute Gasteiger partial charge is 0.407 e. The molecule has 0 radical (unpaired) electrons. The van der Waals surface area contributed by atoms with Gasteiger partial charge in [0.05, 0.1) is 5.54 Å². The van der Waals surface area contributed by atoms with Gasteiger partial charge in [0.25, 0.3) is 0 Å². The summed E-state index contributed by atoms with van der Waals surface area (Å²) in [6.07, 6.45) is 8.62. The lowest BCUT2D eigenvalue weighted by Gasteiger charge is -2.48. The molecule has 18 heavy (non-hydrogen) atoms. The molecule has 1 rings (SSSR count). The molecule has 1 saturated heterocycles. The zero-order valence-corrected chi connectivity index (χ0v) is 11.2. The number of rotatable bonds is 6. The summed E-state index contributed by atoms with van der Waals surface area (Å²) in [6, 6.07) is 0.